The molecule has 0 unspecified atom stereocenters. The van der Waals surface area contributed by atoms with Gasteiger partial charge < -0.3 is 9.80 Å². The number of aryl methyl sites for hydroxylation is 1. The fraction of sp³-hybridized carbons (Fsp3) is 0.263. The van der Waals surface area contributed by atoms with Crippen LogP contribution in [0.15, 0.2) is 42.7 Å². The number of hydrogen-bond donors (Lipinski definition) is 0. The molecule has 8 heteroatoms. The molecule has 1 aliphatic rings. The predicted molar refractivity (Wildman–Crippen MR) is 107 cm³/mol. The first-order valence-electron chi connectivity index (χ1n) is 8.91. The summed E-state index contributed by atoms with van der Waals surface area (Å²) in [5.74, 6) is 2.59. The second-order valence-electron chi connectivity index (χ2n) is 6.69. The first-order valence-corrected chi connectivity index (χ1v) is 9.29. The Kier molecular flexibility index (Phi) is 3.82. The summed E-state index contributed by atoms with van der Waals surface area (Å²) in [4.78, 5) is 17.8. The molecule has 0 aliphatic carbocycles. The highest BCUT2D eigenvalue weighted by atomic mass is 35.5. The van der Waals surface area contributed by atoms with E-state index in [0.717, 1.165) is 54.3 Å². The average Bonchev–Trinajstić information content (AvgIpc) is 3.16. The zero-order chi connectivity index (χ0) is 18.4. The molecule has 0 bridgehead atoms. The Hall–Kier alpha value is -2.93. The molecule has 27 heavy (non-hydrogen) atoms. The standard InChI is InChI=1S/C19H18ClN7/c1-13-10-17(27-19(23-13)21-12-22-27)26-8-6-25(7-9-26)16-11-14-4-2-3-5-15(14)18(20)24-16/h2-5,10-12H,6-9H2,1H3. The van der Waals surface area contributed by atoms with Crippen LogP contribution in [-0.2, 0) is 0 Å². The van der Waals surface area contributed by atoms with Crippen molar-refractivity contribution in [2.45, 2.75) is 6.92 Å². The highest BCUT2D eigenvalue weighted by Crippen LogP contribution is 2.27. The molecule has 1 saturated heterocycles. The molecule has 4 heterocycles. The Morgan fingerprint density at radius 1 is 0.963 bits per heavy atom. The molecule has 7 nitrogen and oxygen atoms in total. The van der Waals surface area contributed by atoms with E-state index >= 15 is 0 Å². The number of aromatic nitrogens is 5. The molecule has 0 spiro atoms. The van der Waals surface area contributed by atoms with Gasteiger partial charge in [-0.15, -0.1) is 0 Å². The molecule has 4 aromatic rings. The summed E-state index contributed by atoms with van der Waals surface area (Å²) >= 11 is 6.40. The van der Waals surface area contributed by atoms with Crippen molar-refractivity contribution in [1.82, 2.24) is 24.6 Å². The molecule has 1 aliphatic heterocycles. The van der Waals surface area contributed by atoms with E-state index in [1.54, 1.807) is 10.8 Å². The van der Waals surface area contributed by atoms with Crippen molar-refractivity contribution in [2.75, 3.05) is 36.0 Å². The number of pyridine rings is 1. The molecule has 3 aromatic heterocycles. The van der Waals surface area contributed by atoms with E-state index in [0.29, 0.717) is 10.9 Å². The van der Waals surface area contributed by atoms with Crippen molar-refractivity contribution in [2.24, 2.45) is 0 Å². The van der Waals surface area contributed by atoms with E-state index < -0.39 is 0 Å². The Morgan fingerprint density at radius 3 is 2.59 bits per heavy atom. The van der Waals surface area contributed by atoms with Gasteiger partial charge >= 0.3 is 0 Å². The Balaban J connectivity index is 1.41. The Morgan fingerprint density at radius 2 is 1.74 bits per heavy atom. The number of nitrogens with zero attached hydrogens (tertiary/aromatic N) is 7. The second kappa shape index (κ2) is 6.35. The van der Waals surface area contributed by atoms with E-state index in [1.165, 1.54) is 0 Å². The zero-order valence-corrected chi connectivity index (χ0v) is 15.6. The molecule has 0 saturated carbocycles. The van der Waals surface area contributed by atoms with Crippen LogP contribution in [0.1, 0.15) is 5.69 Å². The maximum Gasteiger partial charge on any atom is 0.254 e. The largest absolute Gasteiger partial charge is 0.353 e. The Bertz CT molecular complexity index is 1130. The lowest BCUT2D eigenvalue weighted by molar-refractivity contribution is 0.633. The minimum absolute atomic E-state index is 0.555. The van der Waals surface area contributed by atoms with E-state index in [1.807, 2.05) is 25.1 Å². The molecular formula is C19H18ClN7. The highest BCUT2D eigenvalue weighted by Gasteiger charge is 2.22. The molecular weight excluding hydrogens is 362 g/mol. The van der Waals surface area contributed by atoms with Gasteiger partial charge in [0, 0.05) is 43.3 Å². The minimum atomic E-state index is 0.555. The fourth-order valence-corrected chi connectivity index (χ4v) is 3.86. The number of benzene rings is 1. The molecule has 0 radical (unpaired) electrons. The smallest absolute Gasteiger partial charge is 0.254 e. The summed E-state index contributed by atoms with van der Waals surface area (Å²) in [6.45, 7) is 5.43. The summed E-state index contributed by atoms with van der Waals surface area (Å²) in [7, 11) is 0. The molecule has 5 rings (SSSR count). The van der Waals surface area contributed by atoms with Gasteiger partial charge in [-0.2, -0.15) is 14.6 Å². The Labute approximate surface area is 161 Å². The molecule has 0 amide bonds. The number of anilines is 2. The zero-order valence-electron chi connectivity index (χ0n) is 14.9. The maximum absolute atomic E-state index is 6.40. The van der Waals surface area contributed by atoms with Crippen LogP contribution in [0.25, 0.3) is 16.6 Å². The number of hydrogen-bond acceptors (Lipinski definition) is 6. The number of rotatable bonds is 2. The van der Waals surface area contributed by atoms with Gasteiger partial charge in [-0.25, -0.2) is 9.97 Å². The third kappa shape index (κ3) is 2.84. The van der Waals surface area contributed by atoms with E-state index in [2.05, 4.69) is 48.0 Å². The van der Waals surface area contributed by atoms with Crippen LogP contribution in [-0.4, -0.2) is 50.7 Å². The predicted octanol–water partition coefficient (Wildman–Crippen LogP) is 2.96. The maximum atomic E-state index is 6.40. The summed E-state index contributed by atoms with van der Waals surface area (Å²) in [6, 6.07) is 12.3. The van der Waals surface area contributed by atoms with Crippen LogP contribution in [0.5, 0.6) is 0 Å². The summed E-state index contributed by atoms with van der Waals surface area (Å²) < 4.78 is 1.80. The molecule has 1 fully saturated rings. The van der Waals surface area contributed by atoms with Crippen molar-refractivity contribution in [3.8, 4) is 0 Å². The van der Waals surface area contributed by atoms with Crippen LogP contribution in [0.2, 0.25) is 5.15 Å². The minimum Gasteiger partial charge on any atom is -0.353 e. The van der Waals surface area contributed by atoms with E-state index in [-0.39, 0.29) is 0 Å². The summed E-state index contributed by atoms with van der Waals surface area (Å²) in [6.07, 6.45) is 1.54. The normalized spacial score (nSPS) is 15.0. The molecule has 0 N–H and O–H groups in total. The summed E-state index contributed by atoms with van der Waals surface area (Å²) in [5, 5.41) is 6.97. The van der Waals surface area contributed by atoms with Gasteiger partial charge in [-0.3, -0.25) is 0 Å². The van der Waals surface area contributed by atoms with E-state index in [9.17, 15) is 0 Å². The van der Waals surface area contributed by atoms with Gasteiger partial charge in [0.1, 0.15) is 23.1 Å². The second-order valence-corrected chi connectivity index (χ2v) is 7.05. The van der Waals surface area contributed by atoms with Crippen LogP contribution in [0, 0.1) is 6.92 Å². The lowest BCUT2D eigenvalue weighted by Crippen LogP contribution is -2.47. The first kappa shape index (κ1) is 16.3. The number of fused-ring (bicyclic) bond motifs is 2. The van der Waals surface area contributed by atoms with Gasteiger partial charge in [0.2, 0.25) is 0 Å². The van der Waals surface area contributed by atoms with Gasteiger partial charge in [-0.1, -0.05) is 35.9 Å². The van der Waals surface area contributed by atoms with Crippen LogP contribution in [0.4, 0.5) is 11.6 Å². The highest BCUT2D eigenvalue weighted by molar-refractivity contribution is 6.34. The van der Waals surface area contributed by atoms with Crippen molar-refractivity contribution in [3.63, 3.8) is 0 Å². The van der Waals surface area contributed by atoms with Crippen LogP contribution < -0.4 is 9.80 Å². The first-order chi connectivity index (χ1) is 13.2. The fourth-order valence-electron chi connectivity index (χ4n) is 3.61. The van der Waals surface area contributed by atoms with Crippen molar-refractivity contribution >= 4 is 39.8 Å². The lowest BCUT2D eigenvalue weighted by atomic mass is 10.1. The molecule has 0 atom stereocenters. The van der Waals surface area contributed by atoms with Gasteiger partial charge in [0.05, 0.1) is 0 Å². The monoisotopic (exact) mass is 379 g/mol. The average molecular weight is 380 g/mol. The number of halogens is 1. The SMILES string of the molecule is Cc1cc(N2CCN(c3cc4ccccc4c(Cl)n3)CC2)n2ncnc2n1. The third-order valence-corrected chi connectivity index (χ3v) is 5.26. The quantitative estimate of drug-likeness (QED) is 0.499. The number of piperazine rings is 1. The summed E-state index contributed by atoms with van der Waals surface area (Å²) in [5.41, 5.74) is 0.941. The van der Waals surface area contributed by atoms with Crippen molar-refractivity contribution in [3.05, 3.63) is 53.6 Å². The van der Waals surface area contributed by atoms with Gasteiger partial charge in [0.25, 0.3) is 5.78 Å². The van der Waals surface area contributed by atoms with Crippen LogP contribution in [0.3, 0.4) is 0 Å². The van der Waals surface area contributed by atoms with Crippen LogP contribution >= 0.6 is 11.6 Å². The van der Waals surface area contributed by atoms with Crippen molar-refractivity contribution < 1.29 is 0 Å². The third-order valence-electron chi connectivity index (χ3n) is 4.97. The molecule has 136 valence electrons. The molecule has 1 aromatic carbocycles. The van der Waals surface area contributed by atoms with Gasteiger partial charge in [0.15, 0.2) is 0 Å². The van der Waals surface area contributed by atoms with E-state index in [4.69, 9.17) is 11.6 Å². The lowest BCUT2D eigenvalue weighted by Gasteiger charge is -2.36. The van der Waals surface area contributed by atoms with Gasteiger partial charge in [-0.05, 0) is 18.4 Å². The van der Waals surface area contributed by atoms with Crippen molar-refractivity contribution in [1.29, 1.82) is 0 Å². The topological polar surface area (TPSA) is 62.5 Å².